The molecule has 0 spiro atoms. The number of alkyl carbamates (subject to hydrolysis) is 1. The van der Waals surface area contributed by atoms with Crippen LogP contribution in [-0.4, -0.2) is 40.8 Å². The van der Waals surface area contributed by atoms with Crippen molar-refractivity contribution in [3.8, 4) is 5.75 Å². The highest BCUT2D eigenvalue weighted by molar-refractivity contribution is 5.90. The number of aromatic hydroxyl groups is 1. The Balaban J connectivity index is 2.13. The number of amides is 2. The van der Waals surface area contributed by atoms with Gasteiger partial charge in [0.25, 0.3) is 0 Å². The Morgan fingerprint density at radius 1 is 0.912 bits per heavy atom. The summed E-state index contributed by atoms with van der Waals surface area (Å²) in [7, 11) is 0. The molecular formula is C26H34N2O6. The SMILES string of the molecule is CC(C)[C@H](NC(=O)[C@H](Cc1ccc(O)cc1)NC(=O)OC(C)(C)C)C(=O)OCc1ccccc1. The highest BCUT2D eigenvalue weighted by Crippen LogP contribution is 2.14. The van der Waals surface area contributed by atoms with E-state index < -0.39 is 35.7 Å². The highest BCUT2D eigenvalue weighted by atomic mass is 16.6. The molecule has 0 aliphatic heterocycles. The van der Waals surface area contributed by atoms with E-state index in [2.05, 4.69) is 10.6 Å². The van der Waals surface area contributed by atoms with Crippen LogP contribution in [0, 0.1) is 5.92 Å². The quantitative estimate of drug-likeness (QED) is 0.482. The zero-order valence-corrected chi connectivity index (χ0v) is 20.3. The van der Waals surface area contributed by atoms with Crippen molar-refractivity contribution in [3.63, 3.8) is 0 Å². The summed E-state index contributed by atoms with van der Waals surface area (Å²) in [6.07, 6.45) is -0.617. The molecule has 0 aliphatic rings. The number of hydrogen-bond donors (Lipinski definition) is 3. The second-order valence-corrected chi connectivity index (χ2v) is 9.39. The number of ether oxygens (including phenoxy) is 2. The van der Waals surface area contributed by atoms with Gasteiger partial charge in [0, 0.05) is 6.42 Å². The van der Waals surface area contributed by atoms with Gasteiger partial charge in [0.1, 0.15) is 30.0 Å². The Kier molecular flexibility index (Phi) is 9.47. The Morgan fingerprint density at radius 2 is 1.53 bits per heavy atom. The highest BCUT2D eigenvalue weighted by Gasteiger charge is 2.31. The van der Waals surface area contributed by atoms with Crippen LogP contribution >= 0.6 is 0 Å². The first kappa shape index (κ1) is 26.7. The summed E-state index contributed by atoms with van der Waals surface area (Å²) in [5, 5.41) is 14.8. The molecule has 2 atom stereocenters. The maximum absolute atomic E-state index is 13.2. The first-order valence-electron chi connectivity index (χ1n) is 11.2. The van der Waals surface area contributed by atoms with Gasteiger partial charge in [-0.3, -0.25) is 4.79 Å². The summed E-state index contributed by atoms with van der Waals surface area (Å²) in [5.41, 5.74) is 0.800. The number of carbonyl (C=O) groups is 3. The van der Waals surface area contributed by atoms with Crippen molar-refractivity contribution in [1.82, 2.24) is 10.6 Å². The lowest BCUT2D eigenvalue weighted by atomic mass is 10.0. The molecule has 2 aromatic carbocycles. The molecule has 0 radical (unpaired) electrons. The smallest absolute Gasteiger partial charge is 0.408 e. The summed E-state index contributed by atoms with van der Waals surface area (Å²) in [5.74, 6) is -1.27. The lowest BCUT2D eigenvalue weighted by Crippen LogP contribution is -2.54. The van der Waals surface area contributed by atoms with Crippen LogP contribution < -0.4 is 10.6 Å². The predicted molar refractivity (Wildman–Crippen MR) is 128 cm³/mol. The van der Waals surface area contributed by atoms with Gasteiger partial charge in [0.05, 0.1) is 0 Å². The molecule has 0 saturated carbocycles. The van der Waals surface area contributed by atoms with Gasteiger partial charge < -0.3 is 25.2 Å². The number of benzene rings is 2. The van der Waals surface area contributed by atoms with Crippen molar-refractivity contribution < 1.29 is 29.0 Å². The van der Waals surface area contributed by atoms with Crippen LogP contribution in [0.1, 0.15) is 45.7 Å². The molecule has 0 aromatic heterocycles. The van der Waals surface area contributed by atoms with Crippen LogP contribution in [0.15, 0.2) is 54.6 Å². The number of phenols is 1. The average molecular weight is 471 g/mol. The molecule has 2 rings (SSSR count). The van der Waals surface area contributed by atoms with Gasteiger partial charge in [-0.1, -0.05) is 56.3 Å². The summed E-state index contributed by atoms with van der Waals surface area (Å²) in [6, 6.07) is 13.6. The van der Waals surface area contributed by atoms with Crippen LogP contribution in [0.25, 0.3) is 0 Å². The normalized spacial score (nSPS) is 13.0. The maximum Gasteiger partial charge on any atom is 0.408 e. The number of hydrogen-bond acceptors (Lipinski definition) is 6. The number of rotatable bonds is 9. The van der Waals surface area contributed by atoms with Gasteiger partial charge in [-0.05, 0) is 49.9 Å². The molecule has 0 aliphatic carbocycles. The molecule has 8 heteroatoms. The lowest BCUT2D eigenvalue weighted by molar-refractivity contribution is -0.150. The Bertz CT molecular complexity index is 952. The van der Waals surface area contributed by atoms with Gasteiger partial charge >= 0.3 is 12.1 Å². The molecule has 3 N–H and O–H groups in total. The topological polar surface area (TPSA) is 114 Å². The van der Waals surface area contributed by atoms with E-state index in [0.29, 0.717) is 5.56 Å². The fourth-order valence-corrected chi connectivity index (χ4v) is 3.10. The Morgan fingerprint density at radius 3 is 2.09 bits per heavy atom. The lowest BCUT2D eigenvalue weighted by Gasteiger charge is -2.26. The minimum atomic E-state index is -1.01. The molecule has 0 fully saturated rings. The molecule has 184 valence electrons. The van der Waals surface area contributed by atoms with E-state index in [1.807, 2.05) is 30.3 Å². The van der Waals surface area contributed by atoms with E-state index in [-0.39, 0.29) is 24.7 Å². The summed E-state index contributed by atoms with van der Waals surface area (Å²) in [6.45, 7) is 8.85. The molecule has 0 heterocycles. The van der Waals surface area contributed by atoms with E-state index >= 15 is 0 Å². The molecule has 34 heavy (non-hydrogen) atoms. The van der Waals surface area contributed by atoms with Crippen LogP contribution in [-0.2, 0) is 32.1 Å². The number of nitrogens with one attached hydrogen (secondary N) is 2. The number of phenolic OH excluding ortho intramolecular Hbond substituents is 1. The van der Waals surface area contributed by atoms with Crippen molar-refractivity contribution in [2.45, 2.75) is 65.3 Å². The predicted octanol–water partition coefficient (Wildman–Crippen LogP) is 3.71. The van der Waals surface area contributed by atoms with E-state index in [4.69, 9.17) is 9.47 Å². The molecule has 8 nitrogen and oxygen atoms in total. The third kappa shape index (κ3) is 9.13. The van der Waals surface area contributed by atoms with E-state index in [1.165, 1.54) is 12.1 Å². The Labute approximate surface area is 200 Å². The van der Waals surface area contributed by atoms with Crippen molar-refractivity contribution in [2.24, 2.45) is 5.92 Å². The summed E-state index contributed by atoms with van der Waals surface area (Å²) in [4.78, 5) is 38.3. The largest absolute Gasteiger partial charge is 0.508 e. The molecule has 0 saturated heterocycles. The number of esters is 1. The first-order valence-corrected chi connectivity index (χ1v) is 11.2. The maximum atomic E-state index is 13.2. The van der Waals surface area contributed by atoms with Gasteiger partial charge in [0.2, 0.25) is 5.91 Å². The minimum Gasteiger partial charge on any atom is -0.508 e. The third-order valence-electron chi connectivity index (χ3n) is 4.83. The fourth-order valence-electron chi connectivity index (χ4n) is 3.10. The van der Waals surface area contributed by atoms with Crippen LogP contribution in [0.2, 0.25) is 0 Å². The van der Waals surface area contributed by atoms with Crippen LogP contribution in [0.5, 0.6) is 5.75 Å². The average Bonchev–Trinajstić information content (AvgIpc) is 2.76. The van der Waals surface area contributed by atoms with Crippen LogP contribution in [0.4, 0.5) is 4.79 Å². The van der Waals surface area contributed by atoms with Crippen molar-refractivity contribution >= 4 is 18.0 Å². The molecular weight excluding hydrogens is 436 g/mol. The summed E-state index contributed by atoms with van der Waals surface area (Å²) >= 11 is 0. The van der Waals surface area contributed by atoms with Crippen molar-refractivity contribution in [2.75, 3.05) is 0 Å². The zero-order valence-electron chi connectivity index (χ0n) is 20.3. The Hall–Kier alpha value is -3.55. The van der Waals surface area contributed by atoms with E-state index in [9.17, 15) is 19.5 Å². The minimum absolute atomic E-state index is 0.0888. The van der Waals surface area contributed by atoms with Gasteiger partial charge in [0.15, 0.2) is 0 Å². The molecule has 2 amide bonds. The van der Waals surface area contributed by atoms with Crippen LogP contribution in [0.3, 0.4) is 0 Å². The van der Waals surface area contributed by atoms with E-state index in [0.717, 1.165) is 5.56 Å². The molecule has 0 bridgehead atoms. The number of carbonyl (C=O) groups excluding carboxylic acids is 3. The molecule has 0 unspecified atom stereocenters. The van der Waals surface area contributed by atoms with Gasteiger partial charge in [-0.25, -0.2) is 9.59 Å². The van der Waals surface area contributed by atoms with Crippen molar-refractivity contribution in [1.29, 1.82) is 0 Å². The van der Waals surface area contributed by atoms with E-state index in [1.54, 1.807) is 46.8 Å². The fraction of sp³-hybridized carbons (Fsp3) is 0.423. The second kappa shape index (κ2) is 12.1. The third-order valence-corrected chi connectivity index (χ3v) is 4.83. The second-order valence-electron chi connectivity index (χ2n) is 9.39. The monoisotopic (exact) mass is 470 g/mol. The standard InChI is InChI=1S/C26H34N2O6/c1-17(2)22(24(31)33-16-19-9-7-6-8-10-19)28-23(30)21(27-25(32)34-26(3,4)5)15-18-11-13-20(29)14-12-18/h6-14,17,21-22,29H,15-16H2,1-5H3,(H,27,32)(H,28,30)/t21-,22-/m0/s1. The van der Waals surface area contributed by atoms with Gasteiger partial charge in [-0.15, -0.1) is 0 Å². The zero-order chi connectivity index (χ0) is 25.3. The molecule has 2 aromatic rings. The van der Waals surface area contributed by atoms with Gasteiger partial charge in [-0.2, -0.15) is 0 Å². The van der Waals surface area contributed by atoms with Crippen molar-refractivity contribution in [3.05, 3.63) is 65.7 Å². The first-order chi connectivity index (χ1) is 15.9. The summed E-state index contributed by atoms with van der Waals surface area (Å²) < 4.78 is 10.7.